The number of hydrazine groups is 1. The molecule has 0 saturated heterocycles. The van der Waals surface area contributed by atoms with Gasteiger partial charge in [0.05, 0.1) is 15.7 Å². The van der Waals surface area contributed by atoms with E-state index in [1.807, 2.05) is 42.5 Å². The standard InChI is InChI=1S/C16H12N4S/c17-20-15-9-11(10-5-1-2-6-12(10)18-15)16-19-13-7-3-4-8-14(13)21-16/h1-9H,17H2,(H,18,20). The first-order valence-electron chi connectivity index (χ1n) is 6.57. The van der Waals surface area contributed by atoms with Gasteiger partial charge in [-0.05, 0) is 24.3 Å². The van der Waals surface area contributed by atoms with Crippen molar-refractivity contribution < 1.29 is 0 Å². The fourth-order valence-corrected chi connectivity index (χ4v) is 3.41. The van der Waals surface area contributed by atoms with Crippen LogP contribution in [0.15, 0.2) is 54.6 Å². The Labute approximate surface area is 125 Å². The minimum atomic E-state index is 0.642. The number of para-hydroxylation sites is 2. The molecule has 0 radical (unpaired) electrons. The summed E-state index contributed by atoms with van der Waals surface area (Å²) in [7, 11) is 0. The molecule has 0 aliphatic rings. The zero-order valence-corrected chi connectivity index (χ0v) is 11.9. The van der Waals surface area contributed by atoms with Crippen LogP contribution < -0.4 is 11.3 Å². The van der Waals surface area contributed by atoms with E-state index >= 15 is 0 Å². The number of nitrogens with zero attached hydrogens (tertiary/aromatic N) is 2. The highest BCUT2D eigenvalue weighted by molar-refractivity contribution is 7.21. The Morgan fingerprint density at radius 1 is 0.905 bits per heavy atom. The Morgan fingerprint density at radius 2 is 1.67 bits per heavy atom. The van der Waals surface area contributed by atoms with Gasteiger partial charge in [0.2, 0.25) is 0 Å². The van der Waals surface area contributed by atoms with Crippen molar-refractivity contribution in [1.82, 2.24) is 9.97 Å². The van der Waals surface area contributed by atoms with Gasteiger partial charge in [-0.2, -0.15) is 0 Å². The minimum absolute atomic E-state index is 0.642. The van der Waals surface area contributed by atoms with Crippen LogP contribution in [0.1, 0.15) is 0 Å². The van der Waals surface area contributed by atoms with Crippen LogP contribution in [0.5, 0.6) is 0 Å². The lowest BCUT2D eigenvalue weighted by Gasteiger charge is -2.06. The number of rotatable bonds is 2. The molecule has 3 N–H and O–H groups in total. The third-order valence-electron chi connectivity index (χ3n) is 3.39. The lowest BCUT2D eigenvalue weighted by atomic mass is 10.1. The van der Waals surface area contributed by atoms with Crippen LogP contribution in [0.4, 0.5) is 5.82 Å². The van der Waals surface area contributed by atoms with Crippen molar-refractivity contribution in [3.8, 4) is 10.6 Å². The molecule has 2 aromatic carbocycles. The summed E-state index contributed by atoms with van der Waals surface area (Å²) in [5, 5.41) is 2.06. The van der Waals surface area contributed by atoms with E-state index in [0.717, 1.165) is 27.0 Å². The van der Waals surface area contributed by atoms with Gasteiger partial charge in [-0.1, -0.05) is 30.3 Å². The van der Waals surface area contributed by atoms with Gasteiger partial charge in [0, 0.05) is 10.9 Å². The van der Waals surface area contributed by atoms with Crippen LogP contribution in [0.2, 0.25) is 0 Å². The fraction of sp³-hybridized carbons (Fsp3) is 0. The Morgan fingerprint density at radius 3 is 2.48 bits per heavy atom. The predicted octanol–water partition coefficient (Wildman–Crippen LogP) is 3.80. The van der Waals surface area contributed by atoms with E-state index in [9.17, 15) is 0 Å². The Kier molecular flexibility index (Phi) is 2.80. The summed E-state index contributed by atoms with van der Waals surface area (Å²) in [6.07, 6.45) is 0. The molecular weight excluding hydrogens is 280 g/mol. The normalized spacial score (nSPS) is 11.1. The van der Waals surface area contributed by atoms with Gasteiger partial charge in [-0.25, -0.2) is 15.8 Å². The molecule has 102 valence electrons. The van der Waals surface area contributed by atoms with Gasteiger partial charge in [0.1, 0.15) is 10.8 Å². The smallest absolute Gasteiger partial charge is 0.141 e. The van der Waals surface area contributed by atoms with Crippen LogP contribution in [0.25, 0.3) is 31.7 Å². The zero-order valence-electron chi connectivity index (χ0n) is 11.1. The van der Waals surface area contributed by atoms with E-state index < -0.39 is 0 Å². The van der Waals surface area contributed by atoms with Gasteiger partial charge in [-0.3, -0.25) is 0 Å². The molecule has 0 unspecified atom stereocenters. The lowest BCUT2D eigenvalue weighted by Crippen LogP contribution is -2.08. The first kappa shape index (κ1) is 12.3. The van der Waals surface area contributed by atoms with E-state index in [-0.39, 0.29) is 0 Å². The molecule has 4 aromatic rings. The highest BCUT2D eigenvalue weighted by Gasteiger charge is 2.11. The largest absolute Gasteiger partial charge is 0.308 e. The molecule has 0 saturated carbocycles. The van der Waals surface area contributed by atoms with Crippen molar-refractivity contribution in [3.05, 3.63) is 54.6 Å². The molecule has 0 aliphatic heterocycles. The summed E-state index contributed by atoms with van der Waals surface area (Å²) in [6, 6.07) is 18.1. The first-order valence-corrected chi connectivity index (χ1v) is 7.39. The second-order valence-electron chi connectivity index (χ2n) is 4.70. The number of nitrogen functional groups attached to an aromatic ring is 1. The monoisotopic (exact) mass is 292 g/mol. The van der Waals surface area contributed by atoms with Crippen LogP contribution in [0.3, 0.4) is 0 Å². The fourth-order valence-electron chi connectivity index (χ4n) is 2.41. The average molecular weight is 292 g/mol. The summed E-state index contributed by atoms with van der Waals surface area (Å²) >= 11 is 1.68. The molecular formula is C16H12N4S. The zero-order chi connectivity index (χ0) is 14.2. The summed E-state index contributed by atoms with van der Waals surface area (Å²) in [4.78, 5) is 9.21. The second kappa shape index (κ2) is 4.80. The van der Waals surface area contributed by atoms with Gasteiger partial charge >= 0.3 is 0 Å². The van der Waals surface area contributed by atoms with Crippen LogP contribution in [-0.4, -0.2) is 9.97 Å². The number of nitrogens with one attached hydrogen (secondary N) is 1. The summed E-state index contributed by atoms with van der Waals surface area (Å²) in [5.74, 6) is 6.18. The number of benzene rings is 2. The van der Waals surface area contributed by atoms with Gasteiger partial charge in [0.15, 0.2) is 0 Å². The predicted molar refractivity (Wildman–Crippen MR) is 88.2 cm³/mol. The van der Waals surface area contributed by atoms with Crippen molar-refractivity contribution in [1.29, 1.82) is 0 Å². The van der Waals surface area contributed by atoms with Crippen molar-refractivity contribution in [2.45, 2.75) is 0 Å². The molecule has 0 bridgehead atoms. The highest BCUT2D eigenvalue weighted by atomic mass is 32.1. The van der Waals surface area contributed by atoms with E-state index in [2.05, 4.69) is 22.5 Å². The topological polar surface area (TPSA) is 63.8 Å². The Balaban J connectivity index is 2.04. The van der Waals surface area contributed by atoms with Crippen molar-refractivity contribution in [2.24, 2.45) is 5.84 Å². The maximum atomic E-state index is 5.53. The number of fused-ring (bicyclic) bond motifs is 2. The van der Waals surface area contributed by atoms with Crippen molar-refractivity contribution >= 4 is 38.3 Å². The maximum Gasteiger partial charge on any atom is 0.141 e. The second-order valence-corrected chi connectivity index (χ2v) is 5.73. The van der Waals surface area contributed by atoms with E-state index in [1.54, 1.807) is 11.3 Å². The molecule has 21 heavy (non-hydrogen) atoms. The lowest BCUT2D eigenvalue weighted by molar-refractivity contribution is 1.26. The molecule has 4 rings (SSSR count). The molecule has 2 heterocycles. The number of aromatic nitrogens is 2. The third-order valence-corrected chi connectivity index (χ3v) is 4.46. The number of anilines is 1. The number of thiazole rings is 1. The number of hydrogen-bond donors (Lipinski definition) is 2. The summed E-state index contributed by atoms with van der Waals surface area (Å²) in [5.41, 5.74) is 5.60. The Hall–Kier alpha value is -2.50. The van der Waals surface area contributed by atoms with Gasteiger partial charge in [0.25, 0.3) is 0 Å². The highest BCUT2D eigenvalue weighted by Crippen LogP contribution is 2.35. The molecule has 0 fully saturated rings. The molecule has 5 heteroatoms. The van der Waals surface area contributed by atoms with E-state index in [1.165, 1.54) is 4.70 Å². The first-order chi connectivity index (χ1) is 10.3. The number of hydrogen-bond acceptors (Lipinski definition) is 5. The van der Waals surface area contributed by atoms with Gasteiger partial charge in [-0.15, -0.1) is 11.3 Å². The maximum absolute atomic E-state index is 5.53. The molecule has 4 nitrogen and oxygen atoms in total. The number of nitrogens with two attached hydrogens (primary N) is 1. The third kappa shape index (κ3) is 2.03. The molecule has 0 spiro atoms. The summed E-state index contributed by atoms with van der Waals surface area (Å²) < 4.78 is 1.18. The molecule has 0 atom stereocenters. The summed E-state index contributed by atoms with van der Waals surface area (Å²) in [6.45, 7) is 0. The molecule has 2 aromatic heterocycles. The van der Waals surface area contributed by atoms with Crippen LogP contribution >= 0.6 is 11.3 Å². The molecule has 0 aliphatic carbocycles. The Bertz CT molecular complexity index is 912. The van der Waals surface area contributed by atoms with Crippen molar-refractivity contribution in [2.75, 3.05) is 5.43 Å². The van der Waals surface area contributed by atoms with Gasteiger partial charge < -0.3 is 5.43 Å². The number of pyridine rings is 1. The van der Waals surface area contributed by atoms with E-state index in [0.29, 0.717) is 5.82 Å². The SMILES string of the molecule is NNc1cc(-c2nc3ccccc3s2)c2ccccc2n1. The molecule has 0 amide bonds. The van der Waals surface area contributed by atoms with Crippen LogP contribution in [0, 0.1) is 0 Å². The van der Waals surface area contributed by atoms with E-state index in [4.69, 9.17) is 10.8 Å². The van der Waals surface area contributed by atoms with Crippen molar-refractivity contribution in [3.63, 3.8) is 0 Å². The quantitative estimate of drug-likeness (QED) is 0.436. The minimum Gasteiger partial charge on any atom is -0.308 e. The van der Waals surface area contributed by atoms with Crippen LogP contribution in [-0.2, 0) is 0 Å². The average Bonchev–Trinajstić information content (AvgIpc) is 2.97.